The highest BCUT2D eigenvalue weighted by molar-refractivity contribution is 5.94. The van der Waals surface area contributed by atoms with E-state index in [0.717, 1.165) is 22.7 Å². The number of aromatic amines is 1. The maximum atomic E-state index is 11.7. The Morgan fingerprint density at radius 2 is 2.26 bits per heavy atom. The van der Waals surface area contributed by atoms with Gasteiger partial charge >= 0.3 is 0 Å². The van der Waals surface area contributed by atoms with Crippen molar-refractivity contribution in [1.29, 1.82) is 0 Å². The van der Waals surface area contributed by atoms with E-state index in [1.165, 1.54) is 0 Å². The number of aryl methyl sites for hydroxylation is 1. The first-order valence-electron chi connectivity index (χ1n) is 6.37. The first-order valence-corrected chi connectivity index (χ1v) is 6.37. The van der Waals surface area contributed by atoms with Crippen LogP contribution in [0.3, 0.4) is 0 Å². The van der Waals surface area contributed by atoms with Crippen molar-refractivity contribution in [2.45, 2.75) is 39.0 Å². The standard InChI is InChI=1S/C13H16N4O2/c1-6(2)9-5-10(19-17-9)8-4-11(18)14-13-12(8)7(3)15-16-13/h5-6,8H,4H2,1-3H3,(H2,14,15,16,18). The zero-order chi connectivity index (χ0) is 13.6. The fourth-order valence-corrected chi connectivity index (χ4v) is 2.41. The molecule has 1 aliphatic heterocycles. The Morgan fingerprint density at radius 1 is 1.47 bits per heavy atom. The minimum atomic E-state index is -0.109. The quantitative estimate of drug-likeness (QED) is 0.867. The summed E-state index contributed by atoms with van der Waals surface area (Å²) in [7, 11) is 0. The second-order valence-corrected chi connectivity index (χ2v) is 5.22. The molecule has 0 aliphatic carbocycles. The number of hydrogen-bond acceptors (Lipinski definition) is 4. The van der Waals surface area contributed by atoms with Crippen LogP contribution in [0.15, 0.2) is 10.6 Å². The molecule has 1 unspecified atom stereocenters. The van der Waals surface area contributed by atoms with Crippen molar-refractivity contribution in [3.63, 3.8) is 0 Å². The van der Waals surface area contributed by atoms with Crippen LogP contribution in [0.25, 0.3) is 0 Å². The van der Waals surface area contributed by atoms with Gasteiger partial charge in [-0.15, -0.1) is 0 Å². The lowest BCUT2D eigenvalue weighted by atomic mass is 9.89. The summed E-state index contributed by atoms with van der Waals surface area (Å²) in [5, 5.41) is 13.8. The van der Waals surface area contributed by atoms with Gasteiger partial charge in [-0.3, -0.25) is 9.89 Å². The molecule has 6 nitrogen and oxygen atoms in total. The average molecular weight is 260 g/mol. The molecule has 0 fully saturated rings. The highest BCUT2D eigenvalue weighted by Gasteiger charge is 2.33. The molecule has 0 bridgehead atoms. The molecule has 1 amide bonds. The van der Waals surface area contributed by atoms with Gasteiger partial charge in [-0.05, 0) is 12.8 Å². The Kier molecular flexibility index (Phi) is 2.66. The number of carbonyl (C=O) groups excluding carboxylic acids is 1. The van der Waals surface area contributed by atoms with Gasteiger partial charge in [0.1, 0.15) is 5.76 Å². The minimum absolute atomic E-state index is 0.0495. The predicted octanol–water partition coefficient (Wildman–Crippen LogP) is 2.30. The van der Waals surface area contributed by atoms with Gasteiger partial charge in [0.05, 0.1) is 11.6 Å². The number of nitrogens with one attached hydrogen (secondary N) is 2. The number of amides is 1. The summed E-state index contributed by atoms with van der Waals surface area (Å²) in [6.07, 6.45) is 0.361. The molecule has 3 heterocycles. The number of carbonyl (C=O) groups is 1. The summed E-state index contributed by atoms with van der Waals surface area (Å²) >= 11 is 0. The largest absolute Gasteiger partial charge is 0.360 e. The topological polar surface area (TPSA) is 83.8 Å². The lowest BCUT2D eigenvalue weighted by Crippen LogP contribution is -2.23. The van der Waals surface area contributed by atoms with E-state index in [1.54, 1.807) is 0 Å². The van der Waals surface area contributed by atoms with Crippen LogP contribution in [0.5, 0.6) is 0 Å². The van der Waals surface area contributed by atoms with Gasteiger partial charge in [0.2, 0.25) is 5.91 Å². The van der Waals surface area contributed by atoms with Crippen LogP contribution in [0.2, 0.25) is 0 Å². The molecule has 2 N–H and O–H groups in total. The zero-order valence-corrected chi connectivity index (χ0v) is 11.2. The summed E-state index contributed by atoms with van der Waals surface area (Å²) in [6, 6.07) is 1.93. The first kappa shape index (κ1) is 12.0. The fourth-order valence-electron chi connectivity index (χ4n) is 2.41. The van der Waals surface area contributed by atoms with Gasteiger partial charge in [-0.25, -0.2) is 0 Å². The molecule has 3 rings (SSSR count). The number of rotatable bonds is 2. The Morgan fingerprint density at radius 3 is 2.95 bits per heavy atom. The number of nitrogens with zero attached hydrogens (tertiary/aromatic N) is 2. The van der Waals surface area contributed by atoms with Crippen LogP contribution in [0.1, 0.15) is 54.8 Å². The number of H-pyrrole nitrogens is 1. The molecule has 19 heavy (non-hydrogen) atoms. The van der Waals surface area contributed by atoms with E-state index in [0.29, 0.717) is 18.2 Å². The van der Waals surface area contributed by atoms with Crippen LogP contribution >= 0.6 is 0 Å². The second-order valence-electron chi connectivity index (χ2n) is 5.22. The maximum absolute atomic E-state index is 11.7. The third kappa shape index (κ3) is 1.93. The van der Waals surface area contributed by atoms with E-state index in [9.17, 15) is 4.79 Å². The van der Waals surface area contributed by atoms with Crippen LogP contribution in [0, 0.1) is 6.92 Å². The Balaban J connectivity index is 2.04. The molecular weight excluding hydrogens is 244 g/mol. The van der Waals surface area contributed by atoms with Crippen molar-refractivity contribution in [2.75, 3.05) is 5.32 Å². The average Bonchev–Trinajstić information content (AvgIpc) is 2.96. The van der Waals surface area contributed by atoms with Crippen LogP contribution in [-0.2, 0) is 4.79 Å². The molecule has 100 valence electrons. The molecule has 1 atom stereocenters. The van der Waals surface area contributed by atoms with Gasteiger partial charge in [0, 0.05) is 23.7 Å². The third-order valence-corrected chi connectivity index (χ3v) is 3.47. The molecule has 0 spiro atoms. The number of aromatic nitrogens is 3. The number of anilines is 1. The van der Waals surface area contributed by atoms with Gasteiger partial charge < -0.3 is 9.84 Å². The van der Waals surface area contributed by atoms with Gasteiger partial charge in [0.15, 0.2) is 5.82 Å². The van der Waals surface area contributed by atoms with Gasteiger partial charge in [-0.1, -0.05) is 19.0 Å². The lowest BCUT2D eigenvalue weighted by Gasteiger charge is -2.19. The molecular formula is C13H16N4O2. The van der Waals surface area contributed by atoms with Crippen molar-refractivity contribution in [2.24, 2.45) is 0 Å². The van der Waals surface area contributed by atoms with E-state index in [-0.39, 0.29) is 11.8 Å². The van der Waals surface area contributed by atoms with E-state index in [4.69, 9.17) is 4.52 Å². The van der Waals surface area contributed by atoms with Crippen LogP contribution in [-0.4, -0.2) is 21.3 Å². The third-order valence-electron chi connectivity index (χ3n) is 3.47. The number of hydrogen-bond donors (Lipinski definition) is 2. The van der Waals surface area contributed by atoms with Crippen LogP contribution < -0.4 is 5.32 Å². The smallest absolute Gasteiger partial charge is 0.226 e. The van der Waals surface area contributed by atoms with Gasteiger partial charge in [-0.2, -0.15) is 5.10 Å². The molecule has 6 heteroatoms. The van der Waals surface area contributed by atoms with Gasteiger partial charge in [0.25, 0.3) is 0 Å². The maximum Gasteiger partial charge on any atom is 0.226 e. The number of fused-ring (bicyclic) bond motifs is 1. The summed E-state index contributed by atoms with van der Waals surface area (Å²) in [4.78, 5) is 11.7. The molecule has 1 aliphatic rings. The first-order chi connectivity index (χ1) is 9.06. The summed E-state index contributed by atoms with van der Waals surface area (Å²) in [5.41, 5.74) is 2.84. The van der Waals surface area contributed by atoms with Crippen LogP contribution in [0.4, 0.5) is 5.82 Å². The second kappa shape index (κ2) is 4.22. The Hall–Kier alpha value is -2.11. The van der Waals surface area contributed by atoms with Crippen molar-refractivity contribution < 1.29 is 9.32 Å². The zero-order valence-electron chi connectivity index (χ0n) is 11.2. The lowest BCUT2D eigenvalue weighted by molar-refractivity contribution is -0.116. The SMILES string of the molecule is Cc1[nH]nc2c1C(c1cc(C(C)C)no1)CC(=O)N2. The van der Waals surface area contributed by atoms with E-state index in [1.807, 2.05) is 13.0 Å². The molecule has 2 aromatic heterocycles. The Bertz CT molecular complexity index is 626. The van der Waals surface area contributed by atoms with Crippen molar-refractivity contribution in [3.8, 4) is 0 Å². The van der Waals surface area contributed by atoms with E-state index in [2.05, 4.69) is 34.5 Å². The highest BCUT2D eigenvalue weighted by Crippen LogP contribution is 2.38. The summed E-state index contributed by atoms with van der Waals surface area (Å²) < 4.78 is 5.42. The molecule has 0 saturated carbocycles. The fraction of sp³-hybridized carbons (Fsp3) is 0.462. The predicted molar refractivity (Wildman–Crippen MR) is 69.0 cm³/mol. The normalized spacial score (nSPS) is 18.5. The molecule has 0 saturated heterocycles. The highest BCUT2D eigenvalue weighted by atomic mass is 16.5. The van der Waals surface area contributed by atoms with Crippen molar-refractivity contribution in [1.82, 2.24) is 15.4 Å². The molecule has 0 radical (unpaired) electrons. The van der Waals surface area contributed by atoms with Crippen molar-refractivity contribution in [3.05, 3.63) is 28.8 Å². The summed E-state index contributed by atoms with van der Waals surface area (Å²) in [5.74, 6) is 1.47. The monoisotopic (exact) mass is 260 g/mol. The Labute approximate surface area is 110 Å². The van der Waals surface area contributed by atoms with E-state index >= 15 is 0 Å². The van der Waals surface area contributed by atoms with E-state index < -0.39 is 0 Å². The van der Waals surface area contributed by atoms with Crippen molar-refractivity contribution >= 4 is 11.7 Å². The molecule has 2 aromatic rings. The summed E-state index contributed by atoms with van der Waals surface area (Å²) in [6.45, 7) is 6.06. The minimum Gasteiger partial charge on any atom is -0.360 e. The molecule has 0 aromatic carbocycles.